The molecule has 1 aromatic heterocycles. The third-order valence-electron chi connectivity index (χ3n) is 2.18. The summed E-state index contributed by atoms with van der Waals surface area (Å²) in [5.74, 6) is 0.751. The number of hydrogen-bond donors (Lipinski definition) is 1. The van der Waals surface area contributed by atoms with Crippen LogP contribution >= 0.6 is 0 Å². The monoisotopic (exact) mass is 192 g/mol. The average molecular weight is 192 g/mol. The first-order valence-corrected chi connectivity index (χ1v) is 5.31. The maximum Gasteiger partial charge on any atom is 0.0541 e. The maximum atomic E-state index is 4.27. The smallest absolute Gasteiger partial charge is 0.0541 e. The Kier molecular flexibility index (Phi) is 4.60. The van der Waals surface area contributed by atoms with E-state index in [-0.39, 0.29) is 0 Å². The number of aromatic nitrogens is 1. The number of pyridine rings is 1. The molecule has 0 amide bonds. The second-order valence-corrected chi connectivity index (χ2v) is 4.23. The van der Waals surface area contributed by atoms with Crippen molar-refractivity contribution in [3.05, 3.63) is 30.1 Å². The van der Waals surface area contributed by atoms with Crippen LogP contribution in [0.2, 0.25) is 0 Å². The van der Waals surface area contributed by atoms with Crippen LogP contribution in [0.5, 0.6) is 0 Å². The van der Waals surface area contributed by atoms with Gasteiger partial charge < -0.3 is 5.32 Å². The topological polar surface area (TPSA) is 24.9 Å². The minimum atomic E-state index is 0.567. The number of nitrogens with zero attached hydrogens (tertiary/aromatic N) is 1. The van der Waals surface area contributed by atoms with Crippen LogP contribution in [0.4, 0.5) is 0 Å². The van der Waals surface area contributed by atoms with Gasteiger partial charge in [0.1, 0.15) is 0 Å². The summed E-state index contributed by atoms with van der Waals surface area (Å²) in [6.07, 6.45) is 3.05. The van der Waals surface area contributed by atoms with Crippen molar-refractivity contribution in [3.8, 4) is 0 Å². The Bertz CT molecular complexity index is 244. The Balaban J connectivity index is 2.27. The lowest BCUT2D eigenvalue weighted by Crippen LogP contribution is -2.27. The van der Waals surface area contributed by atoms with Crippen molar-refractivity contribution in [2.75, 3.05) is 0 Å². The summed E-state index contributed by atoms with van der Waals surface area (Å²) in [6.45, 7) is 7.59. The summed E-state index contributed by atoms with van der Waals surface area (Å²) in [6, 6.07) is 6.59. The van der Waals surface area contributed by atoms with E-state index >= 15 is 0 Å². The number of rotatable bonds is 5. The summed E-state index contributed by atoms with van der Waals surface area (Å²) in [5, 5.41) is 3.47. The summed E-state index contributed by atoms with van der Waals surface area (Å²) < 4.78 is 0. The van der Waals surface area contributed by atoms with Crippen LogP contribution in [-0.2, 0) is 6.54 Å². The summed E-state index contributed by atoms with van der Waals surface area (Å²) in [7, 11) is 0. The van der Waals surface area contributed by atoms with Gasteiger partial charge >= 0.3 is 0 Å². The predicted octanol–water partition coefficient (Wildman–Crippen LogP) is 2.61. The Labute approximate surface area is 86.8 Å². The SMILES string of the molecule is CC(C)C[C@H](C)NCc1ccccn1. The molecule has 1 N–H and O–H groups in total. The first-order chi connectivity index (χ1) is 6.68. The minimum Gasteiger partial charge on any atom is -0.309 e. The Morgan fingerprint density at radius 3 is 2.64 bits per heavy atom. The minimum absolute atomic E-state index is 0.567. The van der Waals surface area contributed by atoms with E-state index in [4.69, 9.17) is 0 Å². The van der Waals surface area contributed by atoms with Crippen molar-refractivity contribution in [1.82, 2.24) is 10.3 Å². The van der Waals surface area contributed by atoms with Crippen molar-refractivity contribution < 1.29 is 0 Å². The van der Waals surface area contributed by atoms with E-state index < -0.39 is 0 Å². The van der Waals surface area contributed by atoms with Crippen molar-refractivity contribution in [2.24, 2.45) is 5.92 Å². The third-order valence-corrected chi connectivity index (χ3v) is 2.18. The third kappa shape index (κ3) is 4.38. The van der Waals surface area contributed by atoms with Gasteiger partial charge in [-0.05, 0) is 31.4 Å². The molecule has 0 saturated heterocycles. The van der Waals surface area contributed by atoms with Crippen LogP contribution in [0, 0.1) is 5.92 Å². The van der Waals surface area contributed by atoms with Crippen LogP contribution in [0.15, 0.2) is 24.4 Å². The van der Waals surface area contributed by atoms with Crippen molar-refractivity contribution in [1.29, 1.82) is 0 Å². The molecule has 1 atom stereocenters. The fourth-order valence-electron chi connectivity index (χ4n) is 1.57. The van der Waals surface area contributed by atoms with E-state index in [1.54, 1.807) is 0 Å². The zero-order valence-electron chi connectivity index (χ0n) is 9.33. The molecular weight excluding hydrogens is 172 g/mol. The second kappa shape index (κ2) is 5.76. The lowest BCUT2D eigenvalue weighted by atomic mass is 10.1. The van der Waals surface area contributed by atoms with E-state index in [2.05, 4.69) is 37.1 Å². The number of nitrogens with one attached hydrogen (secondary N) is 1. The highest BCUT2D eigenvalue weighted by Gasteiger charge is 2.03. The van der Waals surface area contributed by atoms with E-state index in [1.165, 1.54) is 6.42 Å². The van der Waals surface area contributed by atoms with Gasteiger partial charge in [0.2, 0.25) is 0 Å². The van der Waals surface area contributed by atoms with Crippen molar-refractivity contribution in [2.45, 2.75) is 39.8 Å². The maximum absolute atomic E-state index is 4.27. The first-order valence-electron chi connectivity index (χ1n) is 5.31. The molecule has 0 aromatic carbocycles. The molecule has 0 radical (unpaired) electrons. The van der Waals surface area contributed by atoms with Crippen molar-refractivity contribution >= 4 is 0 Å². The lowest BCUT2D eigenvalue weighted by Gasteiger charge is -2.15. The molecule has 0 bridgehead atoms. The molecule has 78 valence electrons. The fraction of sp³-hybridized carbons (Fsp3) is 0.583. The molecule has 0 unspecified atom stereocenters. The van der Waals surface area contributed by atoms with Crippen molar-refractivity contribution in [3.63, 3.8) is 0 Å². The van der Waals surface area contributed by atoms with Gasteiger partial charge in [-0.15, -0.1) is 0 Å². The molecule has 1 aromatic rings. The van der Waals surface area contributed by atoms with Crippen LogP contribution in [-0.4, -0.2) is 11.0 Å². The van der Waals surface area contributed by atoms with E-state index in [1.807, 2.05) is 18.3 Å². The molecule has 2 nitrogen and oxygen atoms in total. The van der Waals surface area contributed by atoms with E-state index in [0.29, 0.717) is 6.04 Å². The molecule has 0 spiro atoms. The van der Waals surface area contributed by atoms with Gasteiger partial charge in [-0.25, -0.2) is 0 Å². The lowest BCUT2D eigenvalue weighted by molar-refractivity contribution is 0.439. The average Bonchev–Trinajstić information content (AvgIpc) is 2.15. The van der Waals surface area contributed by atoms with Crippen LogP contribution in [0.3, 0.4) is 0 Å². The van der Waals surface area contributed by atoms with Crippen LogP contribution in [0.25, 0.3) is 0 Å². The highest BCUT2D eigenvalue weighted by Crippen LogP contribution is 2.04. The molecule has 0 fully saturated rings. The van der Waals surface area contributed by atoms with Gasteiger partial charge in [0.05, 0.1) is 5.69 Å². The van der Waals surface area contributed by atoms with Gasteiger partial charge in [0.25, 0.3) is 0 Å². The molecule has 2 heteroatoms. The van der Waals surface area contributed by atoms with Gasteiger partial charge in [-0.1, -0.05) is 19.9 Å². The van der Waals surface area contributed by atoms with Gasteiger partial charge in [0.15, 0.2) is 0 Å². The summed E-state index contributed by atoms with van der Waals surface area (Å²) in [4.78, 5) is 4.27. The molecule has 0 saturated carbocycles. The van der Waals surface area contributed by atoms with Gasteiger partial charge in [-0.3, -0.25) is 4.98 Å². The molecule has 1 rings (SSSR count). The van der Waals surface area contributed by atoms with Crippen LogP contribution < -0.4 is 5.32 Å². The largest absolute Gasteiger partial charge is 0.309 e. The van der Waals surface area contributed by atoms with Gasteiger partial charge in [0, 0.05) is 18.8 Å². The fourth-order valence-corrected chi connectivity index (χ4v) is 1.57. The predicted molar refractivity (Wildman–Crippen MR) is 60.0 cm³/mol. The van der Waals surface area contributed by atoms with E-state index in [0.717, 1.165) is 18.2 Å². The highest BCUT2D eigenvalue weighted by molar-refractivity contribution is 5.02. The van der Waals surface area contributed by atoms with Crippen LogP contribution in [0.1, 0.15) is 32.9 Å². The molecule has 0 aliphatic rings. The molecule has 1 heterocycles. The van der Waals surface area contributed by atoms with Gasteiger partial charge in [-0.2, -0.15) is 0 Å². The zero-order chi connectivity index (χ0) is 10.4. The van der Waals surface area contributed by atoms with E-state index in [9.17, 15) is 0 Å². The Hall–Kier alpha value is -0.890. The first kappa shape index (κ1) is 11.2. The molecular formula is C12H20N2. The molecule has 0 aliphatic heterocycles. The Morgan fingerprint density at radius 2 is 2.07 bits per heavy atom. The standard InChI is InChI=1S/C12H20N2/c1-10(2)8-11(3)14-9-12-6-4-5-7-13-12/h4-7,10-11,14H,8-9H2,1-3H3/t11-/m0/s1. The zero-order valence-corrected chi connectivity index (χ0v) is 9.33. The summed E-state index contributed by atoms with van der Waals surface area (Å²) >= 11 is 0. The summed E-state index contributed by atoms with van der Waals surface area (Å²) in [5.41, 5.74) is 1.11. The second-order valence-electron chi connectivity index (χ2n) is 4.23. The highest BCUT2D eigenvalue weighted by atomic mass is 14.9. The molecule has 0 aliphatic carbocycles. The molecule has 14 heavy (non-hydrogen) atoms. The quantitative estimate of drug-likeness (QED) is 0.775. The number of hydrogen-bond acceptors (Lipinski definition) is 2. The Morgan fingerprint density at radius 1 is 1.29 bits per heavy atom. The normalized spacial score (nSPS) is 13.1.